The molecule has 1 N–H and O–H groups in total. The molecule has 34 heavy (non-hydrogen) atoms. The molecule has 0 atom stereocenters. The largest absolute Gasteiger partial charge is 0.354 e. The molecule has 180 valence electrons. The second kappa shape index (κ2) is 12.3. The van der Waals surface area contributed by atoms with Crippen LogP contribution in [0.3, 0.4) is 0 Å². The molecule has 3 aromatic carbocycles. The van der Waals surface area contributed by atoms with Gasteiger partial charge in [-0.2, -0.15) is 11.8 Å². The Morgan fingerprint density at radius 2 is 1.68 bits per heavy atom. The Bertz CT molecular complexity index is 1200. The molecule has 0 fully saturated rings. The smallest absolute Gasteiger partial charge is 0.264 e. The Labute approximate surface area is 211 Å². The number of carbonyl (C=O) groups excluding carboxylic acids is 1. The number of halogens is 1. The molecule has 0 heterocycles. The van der Waals surface area contributed by atoms with Crippen LogP contribution in [-0.2, 0) is 20.6 Å². The highest BCUT2D eigenvalue weighted by molar-refractivity contribution is 7.98. The van der Waals surface area contributed by atoms with Crippen LogP contribution in [0.1, 0.15) is 23.1 Å². The van der Waals surface area contributed by atoms with Crippen LogP contribution in [0.25, 0.3) is 0 Å². The maximum atomic E-state index is 13.5. The summed E-state index contributed by atoms with van der Waals surface area (Å²) in [5, 5.41) is 3.30. The van der Waals surface area contributed by atoms with Gasteiger partial charge < -0.3 is 5.32 Å². The summed E-state index contributed by atoms with van der Waals surface area (Å²) >= 11 is 8.07. The number of carbonyl (C=O) groups is 1. The van der Waals surface area contributed by atoms with E-state index in [9.17, 15) is 13.2 Å². The molecule has 0 unspecified atom stereocenters. The number of nitrogens with one attached hydrogen (secondary N) is 1. The van der Waals surface area contributed by atoms with E-state index in [1.54, 1.807) is 61.2 Å². The predicted molar refractivity (Wildman–Crippen MR) is 142 cm³/mol. The van der Waals surface area contributed by atoms with E-state index in [2.05, 4.69) is 17.4 Å². The van der Waals surface area contributed by atoms with Crippen molar-refractivity contribution in [1.82, 2.24) is 5.32 Å². The molecule has 0 spiro atoms. The second-order valence-corrected chi connectivity index (χ2v) is 11.3. The number of sulfonamides is 1. The Morgan fingerprint density at radius 1 is 0.971 bits per heavy atom. The van der Waals surface area contributed by atoms with Gasteiger partial charge in [0.2, 0.25) is 5.91 Å². The zero-order chi connectivity index (χ0) is 24.6. The first-order chi connectivity index (χ1) is 16.3. The lowest BCUT2D eigenvalue weighted by molar-refractivity contribution is -0.119. The van der Waals surface area contributed by atoms with Crippen molar-refractivity contribution in [3.63, 3.8) is 0 Å². The summed E-state index contributed by atoms with van der Waals surface area (Å²) in [6.45, 7) is 3.79. The average molecular weight is 517 g/mol. The van der Waals surface area contributed by atoms with Crippen molar-refractivity contribution < 1.29 is 13.2 Å². The van der Waals surface area contributed by atoms with Gasteiger partial charge in [-0.1, -0.05) is 65.7 Å². The number of amides is 1. The Morgan fingerprint density at radius 3 is 2.38 bits per heavy atom. The maximum absolute atomic E-state index is 13.5. The highest BCUT2D eigenvalue weighted by atomic mass is 35.5. The first-order valence-corrected chi connectivity index (χ1v) is 14.0. The highest BCUT2D eigenvalue weighted by Gasteiger charge is 2.28. The van der Waals surface area contributed by atoms with Crippen LogP contribution in [0.4, 0.5) is 5.69 Å². The minimum absolute atomic E-state index is 0.127. The number of thioether (sulfide) groups is 1. The molecule has 0 bridgehead atoms. The van der Waals surface area contributed by atoms with Crippen molar-refractivity contribution in [1.29, 1.82) is 0 Å². The van der Waals surface area contributed by atoms with Crippen molar-refractivity contribution in [2.75, 3.05) is 23.1 Å². The van der Waals surface area contributed by atoms with Crippen molar-refractivity contribution in [2.45, 2.75) is 30.9 Å². The average Bonchev–Trinajstić information content (AvgIpc) is 2.82. The van der Waals surface area contributed by atoms with Crippen LogP contribution >= 0.6 is 23.4 Å². The third kappa shape index (κ3) is 7.01. The molecule has 0 radical (unpaired) electrons. The zero-order valence-electron chi connectivity index (χ0n) is 19.3. The minimum Gasteiger partial charge on any atom is -0.354 e. The van der Waals surface area contributed by atoms with Gasteiger partial charge in [-0.25, -0.2) is 8.42 Å². The lowest BCUT2D eigenvalue weighted by Gasteiger charge is -2.26. The zero-order valence-corrected chi connectivity index (χ0v) is 21.7. The van der Waals surface area contributed by atoms with Gasteiger partial charge >= 0.3 is 0 Å². The van der Waals surface area contributed by atoms with E-state index >= 15 is 0 Å². The maximum Gasteiger partial charge on any atom is 0.264 e. The van der Waals surface area contributed by atoms with Gasteiger partial charge in [0.25, 0.3) is 10.0 Å². The Balaban J connectivity index is 1.65. The summed E-state index contributed by atoms with van der Waals surface area (Å²) in [5.41, 5.74) is 3.21. The number of aryl methyl sites for hydroxylation is 1. The van der Waals surface area contributed by atoms with Crippen LogP contribution in [0.15, 0.2) is 77.7 Å². The number of nitrogens with zero attached hydrogens (tertiary/aromatic N) is 1. The Hall–Kier alpha value is -2.48. The van der Waals surface area contributed by atoms with Crippen LogP contribution in [0, 0.1) is 13.8 Å². The molecule has 0 saturated carbocycles. The third-order valence-corrected chi connectivity index (χ3v) is 8.60. The summed E-state index contributed by atoms with van der Waals surface area (Å²) in [5.74, 6) is 1.46. The van der Waals surface area contributed by atoms with E-state index in [-0.39, 0.29) is 17.3 Å². The number of hydrogen-bond donors (Lipinski definition) is 1. The van der Waals surface area contributed by atoms with Gasteiger partial charge in [0.1, 0.15) is 6.54 Å². The van der Waals surface area contributed by atoms with E-state index in [1.807, 2.05) is 25.1 Å². The summed E-state index contributed by atoms with van der Waals surface area (Å²) < 4.78 is 28.1. The molecule has 8 heteroatoms. The molecule has 0 aromatic heterocycles. The lowest BCUT2D eigenvalue weighted by atomic mass is 10.2. The van der Waals surface area contributed by atoms with Crippen LogP contribution < -0.4 is 9.62 Å². The molecule has 5 nitrogen and oxygen atoms in total. The standard InChI is InChI=1S/C26H29ClN2O3S2/c1-20-12-14-23(15-13-20)34(31,32)29(25-11-6-10-24(27)21(25)2)18-26(30)28-16-7-17-33-19-22-8-4-3-5-9-22/h3-6,8-15H,7,16-19H2,1-2H3,(H,28,30). The number of anilines is 1. The van der Waals surface area contributed by atoms with E-state index < -0.39 is 10.0 Å². The number of rotatable bonds is 11. The first kappa shape index (κ1) is 26.1. The van der Waals surface area contributed by atoms with Crippen LogP contribution in [0.2, 0.25) is 5.02 Å². The van der Waals surface area contributed by atoms with Gasteiger partial charge in [0.15, 0.2) is 0 Å². The van der Waals surface area contributed by atoms with Gasteiger partial charge in [-0.15, -0.1) is 0 Å². The molecular weight excluding hydrogens is 488 g/mol. The topological polar surface area (TPSA) is 66.5 Å². The van der Waals surface area contributed by atoms with Crippen LogP contribution in [0.5, 0.6) is 0 Å². The van der Waals surface area contributed by atoms with Gasteiger partial charge in [0.05, 0.1) is 10.6 Å². The fourth-order valence-corrected chi connectivity index (χ4v) is 5.92. The summed E-state index contributed by atoms with van der Waals surface area (Å²) in [4.78, 5) is 12.9. The molecule has 0 aliphatic carbocycles. The third-order valence-electron chi connectivity index (χ3n) is 5.30. The van der Waals surface area contributed by atoms with Crippen molar-refractivity contribution >= 4 is 45.0 Å². The van der Waals surface area contributed by atoms with E-state index in [0.717, 1.165) is 27.8 Å². The fourth-order valence-electron chi connectivity index (χ4n) is 3.36. The minimum atomic E-state index is -3.97. The lowest BCUT2D eigenvalue weighted by Crippen LogP contribution is -2.41. The number of hydrogen-bond acceptors (Lipinski definition) is 4. The van der Waals surface area contributed by atoms with E-state index in [0.29, 0.717) is 22.8 Å². The van der Waals surface area contributed by atoms with Gasteiger partial charge in [-0.05, 0) is 61.4 Å². The molecular formula is C26H29ClN2O3S2. The summed E-state index contributed by atoms with van der Waals surface area (Å²) in [6, 6.07) is 21.9. The summed E-state index contributed by atoms with van der Waals surface area (Å²) in [6.07, 6.45) is 0.796. The first-order valence-electron chi connectivity index (χ1n) is 11.0. The summed E-state index contributed by atoms with van der Waals surface area (Å²) in [7, 11) is -3.97. The second-order valence-electron chi connectivity index (χ2n) is 7.95. The molecule has 1 amide bonds. The molecule has 0 aliphatic heterocycles. The van der Waals surface area contributed by atoms with Crippen molar-refractivity contribution in [2.24, 2.45) is 0 Å². The SMILES string of the molecule is Cc1ccc(S(=O)(=O)N(CC(=O)NCCCSCc2ccccc2)c2cccc(Cl)c2C)cc1. The van der Waals surface area contributed by atoms with Gasteiger partial charge in [-0.3, -0.25) is 9.10 Å². The van der Waals surface area contributed by atoms with E-state index in [1.165, 1.54) is 5.56 Å². The molecule has 3 aromatic rings. The quantitative estimate of drug-likeness (QED) is 0.337. The van der Waals surface area contributed by atoms with Gasteiger partial charge in [0, 0.05) is 17.3 Å². The molecule has 0 saturated heterocycles. The molecule has 3 rings (SSSR count). The highest BCUT2D eigenvalue weighted by Crippen LogP contribution is 2.30. The van der Waals surface area contributed by atoms with Crippen LogP contribution in [-0.4, -0.2) is 33.2 Å². The normalized spacial score (nSPS) is 11.3. The number of benzene rings is 3. The fraction of sp³-hybridized carbons (Fsp3) is 0.269. The van der Waals surface area contributed by atoms with Crippen molar-refractivity contribution in [3.05, 3.63) is 94.5 Å². The predicted octanol–water partition coefficient (Wildman–Crippen LogP) is 5.59. The monoisotopic (exact) mass is 516 g/mol. The molecule has 0 aliphatic rings. The van der Waals surface area contributed by atoms with Crippen molar-refractivity contribution in [3.8, 4) is 0 Å². The van der Waals surface area contributed by atoms with E-state index in [4.69, 9.17) is 11.6 Å². The Kier molecular flexibility index (Phi) is 9.45.